The SMILES string of the molecule is COCCCNC(=O)C1CCC(C(=O)Nc2ccccc2Br)CC1. The third-order valence-electron chi connectivity index (χ3n) is 4.42. The summed E-state index contributed by atoms with van der Waals surface area (Å²) in [4.78, 5) is 24.5. The van der Waals surface area contributed by atoms with E-state index in [9.17, 15) is 9.59 Å². The Labute approximate surface area is 151 Å². The van der Waals surface area contributed by atoms with E-state index in [1.54, 1.807) is 7.11 Å². The molecular formula is C18H25BrN2O3. The van der Waals surface area contributed by atoms with Gasteiger partial charge in [-0.1, -0.05) is 12.1 Å². The highest BCUT2D eigenvalue weighted by Gasteiger charge is 2.29. The van der Waals surface area contributed by atoms with Crippen LogP contribution < -0.4 is 10.6 Å². The number of nitrogens with one attached hydrogen (secondary N) is 2. The Morgan fingerprint density at radius 1 is 1.12 bits per heavy atom. The predicted molar refractivity (Wildman–Crippen MR) is 97.7 cm³/mol. The number of hydrogen-bond donors (Lipinski definition) is 2. The molecule has 2 amide bonds. The van der Waals surface area contributed by atoms with Crippen LogP contribution in [0, 0.1) is 11.8 Å². The molecule has 1 aromatic carbocycles. The lowest BCUT2D eigenvalue weighted by Gasteiger charge is -2.27. The number of carbonyl (C=O) groups excluding carboxylic acids is 2. The zero-order valence-corrected chi connectivity index (χ0v) is 15.6. The topological polar surface area (TPSA) is 67.4 Å². The van der Waals surface area contributed by atoms with Crippen molar-refractivity contribution in [3.05, 3.63) is 28.7 Å². The van der Waals surface area contributed by atoms with Gasteiger partial charge in [-0.2, -0.15) is 0 Å². The van der Waals surface area contributed by atoms with Gasteiger partial charge in [0, 0.05) is 36.6 Å². The van der Waals surface area contributed by atoms with Gasteiger partial charge in [0.2, 0.25) is 11.8 Å². The minimum Gasteiger partial charge on any atom is -0.385 e. The van der Waals surface area contributed by atoms with Gasteiger partial charge >= 0.3 is 0 Å². The number of anilines is 1. The van der Waals surface area contributed by atoms with Crippen LogP contribution in [-0.2, 0) is 14.3 Å². The second-order valence-electron chi connectivity index (χ2n) is 6.16. The van der Waals surface area contributed by atoms with Gasteiger partial charge in [0.05, 0.1) is 5.69 Å². The van der Waals surface area contributed by atoms with E-state index in [-0.39, 0.29) is 23.7 Å². The summed E-state index contributed by atoms with van der Waals surface area (Å²) >= 11 is 3.44. The number of amides is 2. The molecular weight excluding hydrogens is 372 g/mol. The molecule has 2 N–H and O–H groups in total. The fraction of sp³-hybridized carbons (Fsp3) is 0.556. The van der Waals surface area contributed by atoms with E-state index in [1.165, 1.54) is 0 Å². The summed E-state index contributed by atoms with van der Waals surface area (Å²) in [5, 5.41) is 5.92. The molecule has 1 saturated carbocycles. The third kappa shape index (κ3) is 5.60. The molecule has 1 fully saturated rings. The number of rotatable bonds is 7. The van der Waals surface area contributed by atoms with Crippen LogP contribution >= 0.6 is 15.9 Å². The summed E-state index contributed by atoms with van der Waals surface area (Å²) in [6.45, 7) is 1.30. The second-order valence-corrected chi connectivity index (χ2v) is 7.01. The first-order chi connectivity index (χ1) is 11.6. The molecule has 0 heterocycles. The Morgan fingerprint density at radius 2 is 1.75 bits per heavy atom. The van der Waals surface area contributed by atoms with Crippen LogP contribution in [0.15, 0.2) is 28.7 Å². The predicted octanol–water partition coefficient (Wildman–Crippen LogP) is 3.35. The molecule has 0 aliphatic heterocycles. The number of ether oxygens (including phenoxy) is 1. The van der Waals surface area contributed by atoms with E-state index >= 15 is 0 Å². The largest absolute Gasteiger partial charge is 0.385 e. The maximum atomic E-state index is 12.4. The van der Waals surface area contributed by atoms with Crippen molar-refractivity contribution in [2.24, 2.45) is 11.8 Å². The van der Waals surface area contributed by atoms with Crippen LogP contribution in [0.2, 0.25) is 0 Å². The summed E-state index contributed by atoms with van der Waals surface area (Å²) in [6, 6.07) is 7.59. The summed E-state index contributed by atoms with van der Waals surface area (Å²) < 4.78 is 5.84. The van der Waals surface area contributed by atoms with Gasteiger partial charge < -0.3 is 15.4 Å². The van der Waals surface area contributed by atoms with Crippen molar-refractivity contribution in [1.82, 2.24) is 5.32 Å². The lowest BCUT2D eigenvalue weighted by Crippen LogP contribution is -2.36. The van der Waals surface area contributed by atoms with E-state index in [4.69, 9.17) is 4.74 Å². The van der Waals surface area contributed by atoms with E-state index in [1.807, 2.05) is 24.3 Å². The zero-order valence-electron chi connectivity index (χ0n) is 14.0. The van der Waals surface area contributed by atoms with E-state index < -0.39 is 0 Å². The van der Waals surface area contributed by atoms with Crippen molar-refractivity contribution >= 4 is 33.4 Å². The smallest absolute Gasteiger partial charge is 0.227 e. The summed E-state index contributed by atoms with van der Waals surface area (Å²) in [5.41, 5.74) is 0.792. The highest BCUT2D eigenvalue weighted by atomic mass is 79.9. The molecule has 0 radical (unpaired) electrons. The molecule has 24 heavy (non-hydrogen) atoms. The van der Waals surface area contributed by atoms with Crippen LogP contribution in [0.3, 0.4) is 0 Å². The van der Waals surface area contributed by atoms with Crippen LogP contribution in [0.5, 0.6) is 0 Å². The quantitative estimate of drug-likeness (QED) is 0.694. The Hall–Kier alpha value is -1.40. The molecule has 132 valence electrons. The molecule has 2 rings (SSSR count). The molecule has 5 nitrogen and oxygen atoms in total. The Balaban J connectivity index is 1.75. The average Bonchev–Trinajstić information content (AvgIpc) is 2.60. The molecule has 0 aromatic heterocycles. The standard InChI is InChI=1S/C18H25BrN2O3/c1-24-12-4-11-20-17(22)13-7-9-14(10-8-13)18(23)21-16-6-3-2-5-15(16)19/h2-3,5-6,13-14H,4,7-12H2,1H3,(H,20,22)(H,21,23). The van der Waals surface area contributed by atoms with Crippen molar-refractivity contribution in [3.63, 3.8) is 0 Å². The molecule has 0 unspecified atom stereocenters. The molecule has 0 saturated heterocycles. The van der Waals surface area contributed by atoms with Crippen molar-refractivity contribution in [1.29, 1.82) is 0 Å². The van der Waals surface area contributed by atoms with Gasteiger partial charge in [0.15, 0.2) is 0 Å². The molecule has 1 aliphatic carbocycles. The van der Waals surface area contributed by atoms with Gasteiger partial charge in [0.1, 0.15) is 0 Å². The second kappa shape index (κ2) is 9.79. The lowest BCUT2D eigenvalue weighted by atomic mass is 9.81. The van der Waals surface area contributed by atoms with Gasteiger partial charge in [0.25, 0.3) is 0 Å². The van der Waals surface area contributed by atoms with Gasteiger partial charge in [-0.15, -0.1) is 0 Å². The minimum atomic E-state index is -0.0188. The first-order valence-corrected chi connectivity index (χ1v) is 9.23. The Morgan fingerprint density at radius 3 is 2.38 bits per heavy atom. The van der Waals surface area contributed by atoms with Crippen molar-refractivity contribution in [2.45, 2.75) is 32.1 Å². The summed E-state index contributed by atoms with van der Waals surface area (Å²) in [6.07, 6.45) is 3.87. The van der Waals surface area contributed by atoms with E-state index in [0.717, 1.165) is 42.3 Å². The number of benzene rings is 1. The minimum absolute atomic E-state index is 0.0188. The first-order valence-electron chi connectivity index (χ1n) is 8.44. The van der Waals surface area contributed by atoms with Crippen LogP contribution in [-0.4, -0.2) is 32.1 Å². The summed E-state index contributed by atoms with van der Waals surface area (Å²) in [7, 11) is 1.65. The number of para-hydroxylation sites is 1. The molecule has 0 bridgehead atoms. The van der Waals surface area contributed by atoms with E-state index in [0.29, 0.717) is 13.2 Å². The highest BCUT2D eigenvalue weighted by Crippen LogP contribution is 2.30. The van der Waals surface area contributed by atoms with Crippen molar-refractivity contribution in [2.75, 3.05) is 25.6 Å². The zero-order chi connectivity index (χ0) is 17.4. The highest BCUT2D eigenvalue weighted by molar-refractivity contribution is 9.10. The first kappa shape index (κ1) is 18.9. The fourth-order valence-electron chi connectivity index (χ4n) is 2.99. The van der Waals surface area contributed by atoms with E-state index in [2.05, 4.69) is 26.6 Å². The molecule has 1 aliphatic rings. The van der Waals surface area contributed by atoms with Gasteiger partial charge in [-0.05, 0) is 60.2 Å². The van der Waals surface area contributed by atoms with Gasteiger partial charge in [-0.3, -0.25) is 9.59 Å². The molecule has 1 aromatic rings. The molecule has 0 spiro atoms. The van der Waals surface area contributed by atoms with Crippen LogP contribution in [0.1, 0.15) is 32.1 Å². The molecule has 0 atom stereocenters. The Kier molecular flexibility index (Phi) is 7.72. The van der Waals surface area contributed by atoms with Gasteiger partial charge in [-0.25, -0.2) is 0 Å². The average molecular weight is 397 g/mol. The molecule has 6 heteroatoms. The maximum absolute atomic E-state index is 12.4. The van der Waals surface area contributed by atoms with Crippen LogP contribution in [0.25, 0.3) is 0 Å². The lowest BCUT2D eigenvalue weighted by molar-refractivity contribution is -0.128. The number of hydrogen-bond acceptors (Lipinski definition) is 3. The fourth-order valence-corrected chi connectivity index (χ4v) is 3.37. The summed E-state index contributed by atoms with van der Waals surface area (Å²) in [5.74, 6) is 0.159. The van der Waals surface area contributed by atoms with Crippen LogP contribution in [0.4, 0.5) is 5.69 Å². The number of methoxy groups -OCH3 is 1. The van der Waals surface area contributed by atoms with Crippen molar-refractivity contribution < 1.29 is 14.3 Å². The monoisotopic (exact) mass is 396 g/mol. The Bertz CT molecular complexity index is 557. The number of halogens is 1. The normalized spacial score (nSPS) is 20.4. The number of carbonyl (C=O) groups is 2. The van der Waals surface area contributed by atoms with Crippen molar-refractivity contribution in [3.8, 4) is 0 Å². The third-order valence-corrected chi connectivity index (χ3v) is 5.12. The maximum Gasteiger partial charge on any atom is 0.227 e.